The van der Waals surface area contributed by atoms with Gasteiger partial charge in [-0.05, 0) is 37.0 Å². The molecule has 0 spiro atoms. The van der Waals surface area contributed by atoms with E-state index in [9.17, 15) is 0 Å². The van der Waals surface area contributed by atoms with E-state index >= 15 is 0 Å². The number of aliphatic hydroxyl groups excluding tert-OH is 1. The molecule has 2 aliphatic carbocycles. The lowest BCUT2D eigenvalue weighted by atomic mass is 10.0. The van der Waals surface area contributed by atoms with Crippen LogP contribution in [0, 0.1) is 11.3 Å². The Morgan fingerprint density at radius 1 is 1.50 bits per heavy atom. The van der Waals surface area contributed by atoms with E-state index in [0.717, 1.165) is 12.5 Å². The average Bonchev–Trinajstić information content (AvgIpc) is 3.04. The smallest absolute Gasteiger partial charge is 0.158 e. The van der Waals surface area contributed by atoms with Crippen LogP contribution in [0.3, 0.4) is 0 Å². The summed E-state index contributed by atoms with van der Waals surface area (Å²) in [5.41, 5.74) is 0.548. The van der Waals surface area contributed by atoms with Crippen molar-refractivity contribution in [2.75, 3.05) is 0 Å². The van der Waals surface area contributed by atoms with Gasteiger partial charge in [0, 0.05) is 6.54 Å². The second kappa shape index (κ2) is 2.79. The Labute approximate surface area is 83.0 Å². The Bertz CT molecular complexity index is 339. The highest BCUT2D eigenvalue weighted by atomic mass is 16.3. The van der Waals surface area contributed by atoms with Crippen molar-refractivity contribution in [1.82, 2.24) is 14.8 Å². The van der Waals surface area contributed by atoms with E-state index in [4.69, 9.17) is 5.11 Å². The van der Waals surface area contributed by atoms with Crippen molar-refractivity contribution in [2.45, 2.75) is 38.8 Å². The molecule has 1 aromatic heterocycles. The summed E-state index contributed by atoms with van der Waals surface area (Å²) in [6.07, 6.45) is 7.24. The zero-order valence-electron chi connectivity index (χ0n) is 8.19. The Morgan fingerprint density at radius 2 is 2.29 bits per heavy atom. The molecule has 0 radical (unpaired) electrons. The van der Waals surface area contributed by atoms with Gasteiger partial charge in [-0.15, -0.1) is 10.2 Å². The highest BCUT2D eigenvalue weighted by Crippen LogP contribution is 2.62. The second-order valence-corrected chi connectivity index (χ2v) is 4.67. The molecule has 2 saturated carbocycles. The van der Waals surface area contributed by atoms with Crippen LogP contribution in [0.2, 0.25) is 0 Å². The maximum absolute atomic E-state index is 9.06. The summed E-state index contributed by atoms with van der Waals surface area (Å²) >= 11 is 0. The number of aromatic nitrogens is 3. The quantitative estimate of drug-likeness (QED) is 0.775. The van der Waals surface area contributed by atoms with Crippen LogP contribution in [0.25, 0.3) is 0 Å². The van der Waals surface area contributed by atoms with E-state index in [1.54, 1.807) is 6.33 Å². The zero-order valence-corrected chi connectivity index (χ0v) is 8.19. The predicted molar refractivity (Wildman–Crippen MR) is 50.3 cm³/mol. The van der Waals surface area contributed by atoms with E-state index < -0.39 is 0 Å². The van der Waals surface area contributed by atoms with Gasteiger partial charge >= 0.3 is 0 Å². The Balaban J connectivity index is 1.77. The Morgan fingerprint density at radius 3 is 2.86 bits per heavy atom. The molecular weight excluding hydrogens is 178 g/mol. The molecule has 4 heteroatoms. The van der Waals surface area contributed by atoms with Crippen molar-refractivity contribution in [2.24, 2.45) is 11.3 Å². The van der Waals surface area contributed by atoms with Crippen LogP contribution in [-0.4, -0.2) is 19.9 Å². The fourth-order valence-corrected chi connectivity index (χ4v) is 2.42. The summed E-state index contributed by atoms with van der Waals surface area (Å²) in [5.74, 6) is 1.65. The molecule has 0 aromatic carbocycles. The number of aliphatic hydroxyl groups is 1. The van der Waals surface area contributed by atoms with Gasteiger partial charge in [-0.25, -0.2) is 0 Å². The van der Waals surface area contributed by atoms with Crippen LogP contribution in [0.5, 0.6) is 0 Å². The molecule has 2 fully saturated rings. The summed E-state index contributed by atoms with van der Waals surface area (Å²) in [6, 6.07) is 0. The van der Waals surface area contributed by atoms with Gasteiger partial charge in [0.2, 0.25) is 0 Å². The molecular formula is C10H15N3O. The van der Waals surface area contributed by atoms with Crippen molar-refractivity contribution in [3.63, 3.8) is 0 Å². The van der Waals surface area contributed by atoms with E-state index in [0.29, 0.717) is 11.2 Å². The normalized spacial score (nSPS) is 23.8. The number of hydrogen-bond acceptors (Lipinski definition) is 3. The third-order valence-corrected chi connectivity index (χ3v) is 3.66. The van der Waals surface area contributed by atoms with E-state index in [1.807, 2.05) is 4.57 Å². The molecule has 1 aromatic rings. The standard InChI is InChI=1S/C10H15N3O/c14-5-9-12-11-7-13(9)6-10(3-4-10)8-1-2-8/h7-8,14H,1-6H2. The summed E-state index contributed by atoms with van der Waals surface area (Å²) in [4.78, 5) is 0. The van der Waals surface area contributed by atoms with Crippen molar-refractivity contribution in [3.8, 4) is 0 Å². The Hall–Kier alpha value is -0.900. The molecule has 14 heavy (non-hydrogen) atoms. The highest BCUT2D eigenvalue weighted by Gasteiger charge is 2.53. The molecule has 0 amide bonds. The molecule has 76 valence electrons. The second-order valence-electron chi connectivity index (χ2n) is 4.67. The summed E-state index contributed by atoms with van der Waals surface area (Å²) in [5, 5.41) is 16.8. The van der Waals surface area contributed by atoms with E-state index in [-0.39, 0.29) is 6.61 Å². The number of nitrogens with zero attached hydrogens (tertiary/aromatic N) is 3. The van der Waals surface area contributed by atoms with E-state index in [2.05, 4.69) is 10.2 Å². The summed E-state index contributed by atoms with van der Waals surface area (Å²) in [7, 11) is 0. The molecule has 0 atom stereocenters. The topological polar surface area (TPSA) is 50.9 Å². The van der Waals surface area contributed by atoms with Gasteiger partial charge < -0.3 is 9.67 Å². The highest BCUT2D eigenvalue weighted by molar-refractivity contribution is 5.04. The first-order chi connectivity index (χ1) is 6.84. The number of hydrogen-bond donors (Lipinski definition) is 1. The summed E-state index contributed by atoms with van der Waals surface area (Å²) < 4.78 is 2.02. The lowest BCUT2D eigenvalue weighted by molar-refractivity contribution is 0.256. The largest absolute Gasteiger partial charge is 0.388 e. The third-order valence-electron chi connectivity index (χ3n) is 3.66. The van der Waals surface area contributed by atoms with Gasteiger partial charge in [0.05, 0.1) is 0 Å². The molecule has 0 bridgehead atoms. The van der Waals surface area contributed by atoms with Crippen LogP contribution in [0.15, 0.2) is 6.33 Å². The Kier molecular flexibility index (Phi) is 1.68. The van der Waals surface area contributed by atoms with Gasteiger partial charge in [0.25, 0.3) is 0 Å². The van der Waals surface area contributed by atoms with Crippen molar-refractivity contribution in [1.29, 1.82) is 0 Å². The third kappa shape index (κ3) is 1.25. The van der Waals surface area contributed by atoms with Gasteiger partial charge in [-0.3, -0.25) is 0 Å². The van der Waals surface area contributed by atoms with Gasteiger partial charge in [0.15, 0.2) is 5.82 Å². The van der Waals surface area contributed by atoms with E-state index in [1.165, 1.54) is 25.7 Å². The molecule has 1 N–H and O–H groups in total. The fourth-order valence-electron chi connectivity index (χ4n) is 2.42. The van der Waals surface area contributed by atoms with Gasteiger partial charge in [-0.1, -0.05) is 0 Å². The SMILES string of the molecule is OCc1nncn1CC1(C2CC2)CC1. The molecule has 1 heterocycles. The average molecular weight is 193 g/mol. The van der Waals surface area contributed by atoms with Crippen molar-refractivity contribution in [3.05, 3.63) is 12.2 Å². The minimum Gasteiger partial charge on any atom is -0.388 e. The van der Waals surface area contributed by atoms with Crippen LogP contribution < -0.4 is 0 Å². The maximum atomic E-state index is 9.06. The fraction of sp³-hybridized carbons (Fsp3) is 0.800. The lowest BCUT2D eigenvalue weighted by Crippen LogP contribution is -2.15. The molecule has 0 aliphatic heterocycles. The lowest BCUT2D eigenvalue weighted by Gasteiger charge is -2.15. The number of rotatable bonds is 4. The minimum atomic E-state index is 0.000741. The zero-order chi connectivity index (χ0) is 9.60. The minimum absolute atomic E-state index is 0.000741. The predicted octanol–water partition coefficient (Wildman–Crippen LogP) is 0.961. The van der Waals surface area contributed by atoms with Crippen molar-refractivity contribution < 1.29 is 5.11 Å². The summed E-state index contributed by atoms with van der Waals surface area (Å²) in [6.45, 7) is 1.02. The first-order valence-corrected chi connectivity index (χ1v) is 5.32. The van der Waals surface area contributed by atoms with Gasteiger partial charge in [0.1, 0.15) is 12.9 Å². The van der Waals surface area contributed by atoms with Crippen molar-refractivity contribution >= 4 is 0 Å². The molecule has 3 rings (SSSR count). The molecule has 4 nitrogen and oxygen atoms in total. The van der Waals surface area contributed by atoms with Crippen LogP contribution in [-0.2, 0) is 13.2 Å². The van der Waals surface area contributed by atoms with Crippen LogP contribution >= 0.6 is 0 Å². The van der Waals surface area contributed by atoms with Gasteiger partial charge in [-0.2, -0.15) is 0 Å². The molecule has 0 unspecified atom stereocenters. The van der Waals surface area contributed by atoms with Crippen LogP contribution in [0.1, 0.15) is 31.5 Å². The monoisotopic (exact) mass is 193 g/mol. The first-order valence-electron chi connectivity index (χ1n) is 5.32. The first kappa shape index (κ1) is 8.41. The van der Waals surface area contributed by atoms with Crippen LogP contribution in [0.4, 0.5) is 0 Å². The molecule has 2 aliphatic rings. The molecule has 0 saturated heterocycles. The maximum Gasteiger partial charge on any atom is 0.158 e.